The Kier molecular flexibility index (Phi) is 8.51. The van der Waals surface area contributed by atoms with E-state index in [1.54, 1.807) is 12.1 Å². The van der Waals surface area contributed by atoms with Crippen LogP contribution in [0.3, 0.4) is 0 Å². The molecule has 0 amide bonds. The van der Waals surface area contributed by atoms with Gasteiger partial charge in [0.25, 0.3) is 0 Å². The van der Waals surface area contributed by atoms with Crippen LogP contribution in [-0.4, -0.2) is 88.4 Å². The first-order chi connectivity index (χ1) is 15.0. The quantitative estimate of drug-likeness (QED) is 0.505. The van der Waals surface area contributed by atoms with E-state index in [9.17, 15) is 4.39 Å². The maximum Gasteiger partial charge on any atom is 0.191 e. The molecule has 8 heteroatoms. The average Bonchev–Trinajstić information content (AvgIpc) is 2.78. The molecule has 0 saturated carbocycles. The number of guanidine groups is 1. The van der Waals surface area contributed by atoms with Crippen molar-refractivity contribution in [3.05, 3.63) is 29.6 Å². The van der Waals surface area contributed by atoms with Gasteiger partial charge in [-0.25, -0.2) is 4.39 Å². The van der Waals surface area contributed by atoms with Crippen LogP contribution in [0.5, 0.6) is 5.75 Å². The van der Waals surface area contributed by atoms with Crippen LogP contribution in [0.1, 0.15) is 31.2 Å². The van der Waals surface area contributed by atoms with E-state index in [2.05, 4.69) is 39.5 Å². The van der Waals surface area contributed by atoms with Crippen molar-refractivity contribution in [3.8, 4) is 5.75 Å². The monoisotopic (exact) mass is 435 g/mol. The van der Waals surface area contributed by atoms with Crippen molar-refractivity contribution in [2.24, 2.45) is 4.99 Å². The lowest BCUT2D eigenvalue weighted by Crippen LogP contribution is -2.58. The predicted octanol–water partition coefficient (Wildman–Crippen LogP) is 2.07. The van der Waals surface area contributed by atoms with Gasteiger partial charge in [-0.2, -0.15) is 0 Å². The lowest BCUT2D eigenvalue weighted by molar-refractivity contribution is -0.00504. The van der Waals surface area contributed by atoms with Crippen molar-refractivity contribution in [1.82, 2.24) is 20.4 Å². The Labute approximate surface area is 186 Å². The summed E-state index contributed by atoms with van der Waals surface area (Å²) < 4.78 is 24.5. The normalized spacial score (nSPS) is 20.6. The minimum Gasteiger partial charge on any atom is -0.494 e. The summed E-state index contributed by atoms with van der Waals surface area (Å²) in [5.41, 5.74) is 1.08. The van der Waals surface area contributed by atoms with Crippen LogP contribution >= 0.6 is 0 Å². The number of nitrogens with one attached hydrogen (secondary N) is 2. The molecule has 0 unspecified atom stereocenters. The number of methoxy groups -OCH3 is 1. The van der Waals surface area contributed by atoms with Gasteiger partial charge in [-0.3, -0.25) is 9.89 Å². The second-order valence-corrected chi connectivity index (χ2v) is 8.82. The molecule has 2 fully saturated rings. The molecule has 0 atom stereocenters. The van der Waals surface area contributed by atoms with Gasteiger partial charge >= 0.3 is 0 Å². The van der Waals surface area contributed by atoms with Gasteiger partial charge in [0.2, 0.25) is 0 Å². The standard InChI is InChI=1S/C23H38FN5O2/c1-25-22(26-17-23(28(2)3)9-13-31-14-10-23)27-19-7-11-29(12-8-19)16-18-5-6-21(30-4)20(24)15-18/h5-6,15,19H,7-14,16-17H2,1-4H3,(H2,25,26,27). The number of hydrogen-bond donors (Lipinski definition) is 2. The van der Waals surface area contributed by atoms with Gasteiger partial charge < -0.3 is 25.0 Å². The van der Waals surface area contributed by atoms with Gasteiger partial charge in [-0.15, -0.1) is 0 Å². The molecule has 0 bridgehead atoms. The van der Waals surface area contributed by atoms with Crippen molar-refractivity contribution in [1.29, 1.82) is 0 Å². The van der Waals surface area contributed by atoms with Crippen molar-refractivity contribution >= 4 is 5.96 Å². The fraction of sp³-hybridized carbons (Fsp3) is 0.696. The number of likely N-dealkylation sites (tertiary alicyclic amines) is 1. The smallest absolute Gasteiger partial charge is 0.191 e. The third kappa shape index (κ3) is 6.30. The summed E-state index contributed by atoms with van der Waals surface area (Å²) in [4.78, 5) is 9.14. The van der Waals surface area contributed by atoms with Gasteiger partial charge in [0.05, 0.1) is 7.11 Å². The number of benzene rings is 1. The van der Waals surface area contributed by atoms with Crippen LogP contribution in [0.15, 0.2) is 23.2 Å². The Hall–Kier alpha value is -1.90. The second-order valence-electron chi connectivity index (χ2n) is 8.82. The summed E-state index contributed by atoms with van der Waals surface area (Å²) in [6.07, 6.45) is 4.11. The molecule has 2 heterocycles. The molecular formula is C23H38FN5O2. The third-order valence-electron chi connectivity index (χ3n) is 6.73. The lowest BCUT2D eigenvalue weighted by atomic mass is 9.88. The zero-order chi connectivity index (χ0) is 22.3. The molecule has 1 aromatic rings. The molecule has 0 aliphatic carbocycles. The maximum atomic E-state index is 13.9. The number of nitrogens with zero attached hydrogens (tertiary/aromatic N) is 3. The van der Waals surface area contributed by atoms with Crippen molar-refractivity contribution in [2.45, 2.75) is 43.8 Å². The van der Waals surface area contributed by atoms with E-state index < -0.39 is 0 Å². The average molecular weight is 436 g/mol. The molecule has 2 N–H and O–H groups in total. The first-order valence-electron chi connectivity index (χ1n) is 11.2. The molecule has 0 radical (unpaired) electrons. The Bertz CT molecular complexity index is 729. The highest BCUT2D eigenvalue weighted by molar-refractivity contribution is 5.80. The summed E-state index contributed by atoms with van der Waals surface area (Å²) in [6.45, 7) is 5.17. The summed E-state index contributed by atoms with van der Waals surface area (Å²) in [5, 5.41) is 7.15. The predicted molar refractivity (Wildman–Crippen MR) is 122 cm³/mol. The zero-order valence-electron chi connectivity index (χ0n) is 19.4. The van der Waals surface area contributed by atoms with E-state index in [0.29, 0.717) is 11.8 Å². The number of hydrogen-bond acceptors (Lipinski definition) is 5. The number of rotatable bonds is 7. The number of likely N-dealkylation sites (N-methyl/N-ethyl adjacent to an activating group) is 1. The maximum absolute atomic E-state index is 13.9. The highest BCUT2D eigenvalue weighted by Gasteiger charge is 2.35. The molecule has 2 saturated heterocycles. The summed E-state index contributed by atoms with van der Waals surface area (Å²) >= 11 is 0. The molecule has 0 spiro atoms. The van der Waals surface area contributed by atoms with E-state index in [-0.39, 0.29) is 11.4 Å². The molecule has 31 heavy (non-hydrogen) atoms. The first-order valence-corrected chi connectivity index (χ1v) is 11.2. The van der Waals surface area contributed by atoms with Crippen LogP contribution in [0, 0.1) is 5.82 Å². The van der Waals surface area contributed by atoms with Crippen LogP contribution in [0.2, 0.25) is 0 Å². The number of halogens is 1. The molecule has 3 rings (SSSR count). The topological polar surface area (TPSA) is 61.4 Å². The van der Waals surface area contributed by atoms with E-state index in [0.717, 1.165) is 76.6 Å². The minimum absolute atomic E-state index is 0.104. The molecule has 2 aliphatic heterocycles. The fourth-order valence-corrected chi connectivity index (χ4v) is 4.47. The summed E-state index contributed by atoms with van der Waals surface area (Å²) in [5.74, 6) is 0.859. The Morgan fingerprint density at radius 1 is 1.29 bits per heavy atom. The molecule has 2 aliphatic rings. The Morgan fingerprint density at radius 3 is 2.58 bits per heavy atom. The van der Waals surface area contributed by atoms with Gasteiger partial charge in [0.1, 0.15) is 0 Å². The molecule has 1 aromatic carbocycles. The van der Waals surface area contributed by atoms with Crippen LogP contribution < -0.4 is 15.4 Å². The SMILES string of the molecule is CN=C(NCC1(N(C)C)CCOCC1)NC1CCN(Cc2ccc(OC)c(F)c2)CC1. The van der Waals surface area contributed by atoms with Crippen molar-refractivity contribution in [3.63, 3.8) is 0 Å². The Morgan fingerprint density at radius 2 is 2.00 bits per heavy atom. The van der Waals surface area contributed by atoms with Gasteiger partial charge in [-0.1, -0.05) is 6.07 Å². The highest BCUT2D eigenvalue weighted by atomic mass is 19.1. The van der Waals surface area contributed by atoms with Gasteiger partial charge in [0.15, 0.2) is 17.5 Å². The van der Waals surface area contributed by atoms with E-state index in [4.69, 9.17) is 9.47 Å². The van der Waals surface area contributed by atoms with Crippen LogP contribution in [0.25, 0.3) is 0 Å². The molecular weight excluding hydrogens is 397 g/mol. The third-order valence-corrected chi connectivity index (χ3v) is 6.73. The second kappa shape index (κ2) is 11.1. The van der Waals surface area contributed by atoms with Gasteiger partial charge in [0, 0.05) is 58.0 Å². The largest absolute Gasteiger partial charge is 0.494 e. The number of aliphatic imine (C=N–C) groups is 1. The van der Waals surface area contributed by atoms with Gasteiger partial charge in [-0.05, 0) is 57.5 Å². The van der Waals surface area contributed by atoms with E-state index in [1.807, 2.05) is 13.1 Å². The summed E-state index contributed by atoms with van der Waals surface area (Å²) in [6, 6.07) is 5.61. The number of ether oxygens (including phenoxy) is 2. The molecule has 7 nitrogen and oxygen atoms in total. The lowest BCUT2D eigenvalue weighted by Gasteiger charge is -2.43. The highest BCUT2D eigenvalue weighted by Crippen LogP contribution is 2.25. The van der Waals surface area contributed by atoms with E-state index >= 15 is 0 Å². The first kappa shape index (κ1) is 23.8. The minimum atomic E-state index is -0.300. The van der Waals surface area contributed by atoms with Crippen molar-refractivity contribution in [2.75, 3.05) is 61.1 Å². The zero-order valence-corrected chi connectivity index (χ0v) is 19.4. The fourth-order valence-electron chi connectivity index (χ4n) is 4.47. The van der Waals surface area contributed by atoms with Crippen LogP contribution in [-0.2, 0) is 11.3 Å². The molecule has 0 aromatic heterocycles. The Balaban J connectivity index is 1.45. The number of piperidine rings is 1. The van der Waals surface area contributed by atoms with Crippen molar-refractivity contribution < 1.29 is 13.9 Å². The van der Waals surface area contributed by atoms with Crippen LogP contribution in [0.4, 0.5) is 4.39 Å². The molecule has 174 valence electrons. The van der Waals surface area contributed by atoms with E-state index in [1.165, 1.54) is 7.11 Å². The summed E-state index contributed by atoms with van der Waals surface area (Å²) in [7, 11) is 7.61.